The van der Waals surface area contributed by atoms with Gasteiger partial charge in [-0.15, -0.1) is 28.6 Å². The van der Waals surface area contributed by atoms with Crippen LogP contribution in [0.1, 0.15) is 0 Å². The quantitative estimate of drug-likeness (QED) is 0.212. The lowest BCUT2D eigenvalue weighted by Gasteiger charge is -2.58. The second-order valence-electron chi connectivity index (χ2n) is 6.15. The molecule has 0 bridgehead atoms. The molecule has 3 rings (SSSR count). The Morgan fingerprint density at radius 2 is 2.33 bits per heavy atom. The van der Waals surface area contributed by atoms with Crippen molar-refractivity contribution in [3.05, 3.63) is 11.0 Å². The van der Waals surface area contributed by atoms with Crippen molar-refractivity contribution in [3.8, 4) is 6.07 Å². The number of thioether (sulfide) groups is 3. The maximum absolute atomic E-state index is 12.9. The highest BCUT2D eigenvalue weighted by molar-refractivity contribution is 8.02. The number of hydrogen-bond acceptors (Lipinski definition) is 11. The number of rotatable bonds is 8. The van der Waals surface area contributed by atoms with Crippen molar-refractivity contribution in [2.75, 3.05) is 24.4 Å². The number of nitrogens with zero attached hydrogens (tertiary/aromatic N) is 6. The zero-order valence-corrected chi connectivity index (χ0v) is 18.3. The third kappa shape index (κ3) is 4.00. The predicted octanol–water partition coefficient (Wildman–Crippen LogP) is -0.730. The van der Waals surface area contributed by atoms with Gasteiger partial charge in [-0.05, 0) is 21.4 Å². The van der Waals surface area contributed by atoms with Crippen LogP contribution in [0, 0.1) is 11.3 Å². The van der Waals surface area contributed by atoms with Gasteiger partial charge in [0, 0.05) is 19.9 Å². The van der Waals surface area contributed by atoms with Crippen LogP contribution in [0.3, 0.4) is 0 Å². The Bertz CT molecular complexity index is 932. The molecule has 2 aliphatic heterocycles. The first-order valence-electron chi connectivity index (χ1n) is 8.41. The van der Waals surface area contributed by atoms with Crippen molar-refractivity contribution in [1.82, 2.24) is 30.4 Å². The maximum atomic E-state index is 12.9. The van der Waals surface area contributed by atoms with Gasteiger partial charge in [-0.2, -0.15) is 5.26 Å². The van der Waals surface area contributed by atoms with Crippen LogP contribution in [-0.2, 0) is 26.2 Å². The Morgan fingerprint density at radius 1 is 1.57 bits per heavy atom. The molecule has 0 saturated carbocycles. The van der Waals surface area contributed by atoms with Gasteiger partial charge in [0.1, 0.15) is 5.37 Å². The summed E-state index contributed by atoms with van der Waals surface area (Å²) < 4.78 is 6.81. The Labute approximate surface area is 183 Å². The van der Waals surface area contributed by atoms with Gasteiger partial charge in [0.25, 0.3) is 11.6 Å². The van der Waals surface area contributed by atoms with E-state index in [-0.39, 0.29) is 11.5 Å². The molecule has 12 nitrogen and oxygen atoms in total. The lowest BCUT2D eigenvalue weighted by atomic mass is 9.95. The molecule has 1 aromatic heterocycles. The van der Waals surface area contributed by atoms with Gasteiger partial charge in [-0.1, -0.05) is 11.8 Å². The number of carboxylic acids is 1. The molecule has 3 heterocycles. The van der Waals surface area contributed by atoms with Crippen LogP contribution in [0.2, 0.25) is 0 Å². The highest BCUT2D eigenvalue weighted by Gasteiger charge is 2.67. The molecule has 15 heteroatoms. The largest absolute Gasteiger partial charge is 0.479 e. The minimum Gasteiger partial charge on any atom is -0.479 e. The van der Waals surface area contributed by atoms with Crippen molar-refractivity contribution >= 4 is 53.1 Å². The molecule has 30 heavy (non-hydrogen) atoms. The zero-order valence-electron chi connectivity index (χ0n) is 15.8. The first kappa shape index (κ1) is 22.4. The normalized spacial score (nSPS) is 26.6. The minimum absolute atomic E-state index is 0.0147. The fourth-order valence-corrected chi connectivity index (χ4v) is 5.79. The van der Waals surface area contributed by atoms with E-state index in [1.165, 1.54) is 28.5 Å². The standard InChI is InChI=1S/C15H17N7O5S3/c1-21-14(18-19-20-21)30-6-8-5-29-13-15(27-2,17-9(23)7-28-4-3-16)12(26)22(13)10(8)11(24)25/h6,10,13H,4-5,7H2,1-2H3,(H,17,23)(H,24,25)/b8-6+/t10?,13-,15+/m1/s1. The molecule has 2 saturated heterocycles. The van der Waals surface area contributed by atoms with E-state index in [0.29, 0.717) is 16.5 Å². The molecule has 0 radical (unpaired) electrons. The lowest BCUT2D eigenvalue weighted by molar-refractivity contribution is -0.201. The summed E-state index contributed by atoms with van der Waals surface area (Å²) in [7, 11) is 2.95. The molecule has 0 aromatic carbocycles. The number of β-lactam (4-membered cyclic amide) rings is 1. The van der Waals surface area contributed by atoms with E-state index in [1.54, 1.807) is 12.5 Å². The summed E-state index contributed by atoms with van der Waals surface area (Å²) in [6, 6.07) is 0.726. The zero-order chi connectivity index (χ0) is 21.9. The number of nitrogens with one attached hydrogen (secondary N) is 1. The van der Waals surface area contributed by atoms with Crippen LogP contribution < -0.4 is 5.32 Å². The minimum atomic E-state index is -1.63. The first-order valence-corrected chi connectivity index (χ1v) is 11.5. The smallest absolute Gasteiger partial charge is 0.330 e. The topological polar surface area (TPSA) is 163 Å². The summed E-state index contributed by atoms with van der Waals surface area (Å²) in [5.41, 5.74) is -1.12. The molecule has 2 fully saturated rings. The first-order chi connectivity index (χ1) is 14.4. The fraction of sp³-hybridized carbons (Fsp3) is 0.533. The number of aromatic nitrogens is 4. The van der Waals surface area contributed by atoms with Crippen LogP contribution in [0.4, 0.5) is 0 Å². The van der Waals surface area contributed by atoms with E-state index in [9.17, 15) is 19.5 Å². The van der Waals surface area contributed by atoms with E-state index >= 15 is 0 Å². The number of carbonyl (C=O) groups excluding carboxylic acids is 2. The van der Waals surface area contributed by atoms with Gasteiger partial charge >= 0.3 is 5.97 Å². The maximum Gasteiger partial charge on any atom is 0.330 e. The number of fused-ring (bicyclic) bond motifs is 1. The number of hydrogen-bond donors (Lipinski definition) is 2. The highest BCUT2D eigenvalue weighted by atomic mass is 32.2. The number of methoxy groups -OCH3 is 1. The second kappa shape index (κ2) is 9.25. The number of carbonyl (C=O) groups is 3. The molecule has 160 valence electrons. The SMILES string of the molecule is CO[C@@]1(NC(=O)CSCC#N)C(=O)N2C(C(=O)O)/C(=C/Sc3nnnn3C)CS[C@@H]21. The van der Waals surface area contributed by atoms with Crippen LogP contribution in [0.5, 0.6) is 0 Å². The molecule has 1 unspecified atom stereocenters. The molecule has 0 aliphatic carbocycles. The predicted molar refractivity (Wildman–Crippen MR) is 108 cm³/mol. The summed E-state index contributed by atoms with van der Waals surface area (Å²) in [5, 5.41) is 33.4. The summed E-state index contributed by atoms with van der Waals surface area (Å²) in [4.78, 5) is 38.3. The summed E-state index contributed by atoms with van der Waals surface area (Å²) in [6.07, 6.45) is 0. The van der Waals surface area contributed by atoms with Crippen molar-refractivity contribution in [2.24, 2.45) is 7.05 Å². The molecule has 1 aromatic rings. The van der Waals surface area contributed by atoms with E-state index in [1.807, 2.05) is 6.07 Å². The molecular weight excluding hydrogens is 454 g/mol. The van der Waals surface area contributed by atoms with Gasteiger partial charge in [-0.3, -0.25) is 9.59 Å². The number of aryl methyl sites for hydroxylation is 1. The summed E-state index contributed by atoms with van der Waals surface area (Å²) in [5.74, 6) is -1.85. The second-order valence-corrected chi connectivity index (χ2v) is 9.04. The average molecular weight is 472 g/mol. The van der Waals surface area contributed by atoms with Crippen molar-refractivity contribution in [3.63, 3.8) is 0 Å². The number of amides is 2. The third-order valence-electron chi connectivity index (χ3n) is 4.37. The summed E-state index contributed by atoms with van der Waals surface area (Å²) >= 11 is 3.56. The molecular formula is C15H17N7O5S3. The van der Waals surface area contributed by atoms with E-state index < -0.39 is 34.9 Å². The third-order valence-corrected chi connectivity index (χ3v) is 7.52. The Balaban J connectivity index is 1.77. The average Bonchev–Trinajstić information content (AvgIpc) is 3.14. The van der Waals surface area contributed by atoms with Crippen molar-refractivity contribution in [1.29, 1.82) is 5.26 Å². The van der Waals surface area contributed by atoms with Crippen LogP contribution >= 0.6 is 35.3 Å². The van der Waals surface area contributed by atoms with Crippen LogP contribution in [-0.4, -0.2) is 89.5 Å². The van der Waals surface area contributed by atoms with Crippen LogP contribution in [0.25, 0.3) is 0 Å². The molecule has 3 atom stereocenters. The van der Waals surface area contributed by atoms with Gasteiger partial charge in [0.15, 0.2) is 6.04 Å². The molecule has 2 amide bonds. The van der Waals surface area contributed by atoms with Crippen LogP contribution in [0.15, 0.2) is 16.1 Å². The molecule has 0 spiro atoms. The molecule has 2 N–H and O–H groups in total. The van der Waals surface area contributed by atoms with Crippen molar-refractivity contribution in [2.45, 2.75) is 22.3 Å². The summed E-state index contributed by atoms with van der Waals surface area (Å²) in [6.45, 7) is 0. The van der Waals surface area contributed by atoms with Gasteiger partial charge in [0.05, 0.1) is 17.6 Å². The Hall–Kier alpha value is -2.28. The van der Waals surface area contributed by atoms with Gasteiger partial charge in [0.2, 0.25) is 11.1 Å². The van der Waals surface area contributed by atoms with Crippen molar-refractivity contribution < 1.29 is 24.2 Å². The van der Waals surface area contributed by atoms with Gasteiger partial charge < -0.3 is 20.1 Å². The van der Waals surface area contributed by atoms with Gasteiger partial charge in [-0.25, -0.2) is 9.48 Å². The van der Waals surface area contributed by atoms with E-state index in [0.717, 1.165) is 23.5 Å². The number of carboxylic acid groups (broad SMARTS) is 1. The highest BCUT2D eigenvalue weighted by Crippen LogP contribution is 2.47. The van der Waals surface area contributed by atoms with E-state index in [4.69, 9.17) is 10.00 Å². The van der Waals surface area contributed by atoms with E-state index in [2.05, 4.69) is 20.8 Å². The fourth-order valence-electron chi connectivity index (χ4n) is 3.03. The number of ether oxygens (including phenoxy) is 1. The molecule has 2 aliphatic rings. The Morgan fingerprint density at radius 3 is 2.93 bits per heavy atom. The number of tetrazole rings is 1. The monoisotopic (exact) mass is 471 g/mol. The number of aliphatic carboxylic acids is 1. The Kier molecular flexibility index (Phi) is 6.91. The lowest BCUT2D eigenvalue weighted by Crippen LogP contribution is -2.83. The number of nitriles is 1.